The number of carbonyl (C=O) groups is 1. The standard InChI is InChI=1S/C18H24Cl2N2O3/c19-14-8-13(16(24)9-15(14)20)17(21)10-3-5-22(6-4-10)18(25)11-1-2-12(23)7-11/h8-12,17,23-24H,1-7,21H2/t11?,12?,17-/m1/s1. The van der Waals surface area contributed by atoms with Crippen molar-refractivity contribution in [2.45, 2.75) is 44.2 Å². The Morgan fingerprint density at radius 2 is 1.80 bits per heavy atom. The molecule has 5 nitrogen and oxygen atoms in total. The van der Waals surface area contributed by atoms with E-state index in [1.807, 2.05) is 4.90 Å². The molecule has 1 aromatic carbocycles. The summed E-state index contributed by atoms with van der Waals surface area (Å²) in [6.45, 7) is 1.32. The van der Waals surface area contributed by atoms with Gasteiger partial charge in [0.25, 0.3) is 0 Å². The number of phenols is 1. The molecule has 1 saturated heterocycles. The molecule has 0 spiro atoms. The summed E-state index contributed by atoms with van der Waals surface area (Å²) in [7, 11) is 0. The number of hydrogen-bond donors (Lipinski definition) is 3. The van der Waals surface area contributed by atoms with Gasteiger partial charge >= 0.3 is 0 Å². The number of aromatic hydroxyl groups is 1. The molecule has 1 aliphatic heterocycles. The first-order valence-corrected chi connectivity index (χ1v) is 9.52. The lowest BCUT2D eigenvalue weighted by atomic mass is 9.85. The van der Waals surface area contributed by atoms with Gasteiger partial charge in [-0.1, -0.05) is 23.2 Å². The Bertz CT molecular complexity index is 647. The first-order chi connectivity index (χ1) is 11.9. The van der Waals surface area contributed by atoms with Crippen LogP contribution in [0.3, 0.4) is 0 Å². The summed E-state index contributed by atoms with van der Waals surface area (Å²) in [4.78, 5) is 14.4. The molecule has 1 aliphatic carbocycles. The lowest BCUT2D eigenvalue weighted by Crippen LogP contribution is -2.43. The number of amides is 1. The summed E-state index contributed by atoms with van der Waals surface area (Å²) in [5.74, 6) is 0.335. The first kappa shape index (κ1) is 18.8. The van der Waals surface area contributed by atoms with E-state index in [9.17, 15) is 15.0 Å². The van der Waals surface area contributed by atoms with Gasteiger partial charge in [-0.25, -0.2) is 0 Å². The number of piperidine rings is 1. The third-order valence-corrected chi connectivity index (χ3v) is 6.26. The maximum absolute atomic E-state index is 12.5. The zero-order chi connectivity index (χ0) is 18.1. The summed E-state index contributed by atoms with van der Waals surface area (Å²) < 4.78 is 0. The molecule has 25 heavy (non-hydrogen) atoms. The molecule has 1 amide bonds. The van der Waals surface area contributed by atoms with Gasteiger partial charge in [0.15, 0.2) is 0 Å². The highest BCUT2D eigenvalue weighted by molar-refractivity contribution is 6.42. The lowest BCUT2D eigenvalue weighted by molar-refractivity contribution is -0.137. The number of halogens is 2. The number of hydrogen-bond acceptors (Lipinski definition) is 4. The number of phenolic OH excluding ortho intramolecular Hbond substituents is 1. The predicted octanol–water partition coefficient (Wildman–Crippen LogP) is 3.10. The topological polar surface area (TPSA) is 86.8 Å². The smallest absolute Gasteiger partial charge is 0.225 e. The SMILES string of the molecule is N[C@@H](c1cc(Cl)c(Cl)cc1O)C1CCN(C(=O)C2CCC(O)C2)CC1. The van der Waals surface area contributed by atoms with Crippen LogP contribution in [0.15, 0.2) is 12.1 Å². The van der Waals surface area contributed by atoms with Crippen LogP contribution in [0.25, 0.3) is 0 Å². The van der Waals surface area contributed by atoms with Gasteiger partial charge in [0.05, 0.1) is 16.1 Å². The van der Waals surface area contributed by atoms with E-state index in [0.717, 1.165) is 19.3 Å². The summed E-state index contributed by atoms with van der Waals surface area (Å²) in [6, 6.07) is 2.70. The molecule has 0 radical (unpaired) electrons. The van der Waals surface area contributed by atoms with E-state index >= 15 is 0 Å². The summed E-state index contributed by atoms with van der Waals surface area (Å²) in [5, 5.41) is 20.4. The van der Waals surface area contributed by atoms with Gasteiger partial charge in [-0.05, 0) is 44.1 Å². The zero-order valence-corrected chi connectivity index (χ0v) is 15.5. The largest absolute Gasteiger partial charge is 0.508 e. The zero-order valence-electron chi connectivity index (χ0n) is 14.0. The molecule has 2 fully saturated rings. The van der Waals surface area contributed by atoms with Crippen molar-refractivity contribution >= 4 is 29.1 Å². The monoisotopic (exact) mass is 386 g/mol. The normalized spacial score (nSPS) is 26.0. The summed E-state index contributed by atoms with van der Waals surface area (Å²) in [5.41, 5.74) is 6.95. The van der Waals surface area contributed by atoms with Crippen molar-refractivity contribution in [3.8, 4) is 5.75 Å². The molecule has 0 bridgehead atoms. The number of aliphatic hydroxyl groups excluding tert-OH is 1. The second kappa shape index (κ2) is 7.70. The molecule has 2 aliphatic rings. The van der Waals surface area contributed by atoms with E-state index in [1.165, 1.54) is 6.07 Å². The Kier molecular flexibility index (Phi) is 5.78. The average Bonchev–Trinajstić information content (AvgIpc) is 3.03. The molecule has 1 heterocycles. The second-order valence-corrected chi connectivity index (χ2v) is 7.99. The van der Waals surface area contributed by atoms with Crippen LogP contribution < -0.4 is 5.73 Å². The number of aliphatic hydroxyl groups is 1. The predicted molar refractivity (Wildman–Crippen MR) is 97.7 cm³/mol. The van der Waals surface area contributed by atoms with Crippen molar-refractivity contribution in [3.63, 3.8) is 0 Å². The number of carbonyl (C=O) groups excluding carboxylic acids is 1. The van der Waals surface area contributed by atoms with Crippen LogP contribution in [-0.4, -0.2) is 40.2 Å². The Labute approximate surface area is 157 Å². The van der Waals surface area contributed by atoms with Crippen LogP contribution in [0, 0.1) is 11.8 Å². The highest BCUT2D eigenvalue weighted by atomic mass is 35.5. The first-order valence-electron chi connectivity index (χ1n) is 8.77. The summed E-state index contributed by atoms with van der Waals surface area (Å²) in [6.07, 6.45) is 3.29. The van der Waals surface area contributed by atoms with Crippen molar-refractivity contribution in [1.82, 2.24) is 4.90 Å². The van der Waals surface area contributed by atoms with Gasteiger partial charge in [0.1, 0.15) is 5.75 Å². The van der Waals surface area contributed by atoms with Crippen LogP contribution in [0.2, 0.25) is 10.0 Å². The molecule has 3 atom stereocenters. The van der Waals surface area contributed by atoms with E-state index < -0.39 is 0 Å². The molecule has 0 aromatic heterocycles. The number of likely N-dealkylation sites (tertiary alicyclic amines) is 1. The molecule has 1 saturated carbocycles. The fraction of sp³-hybridized carbons (Fsp3) is 0.611. The van der Waals surface area contributed by atoms with Crippen molar-refractivity contribution in [2.75, 3.05) is 13.1 Å². The third kappa shape index (κ3) is 4.05. The van der Waals surface area contributed by atoms with Crippen LogP contribution >= 0.6 is 23.2 Å². The van der Waals surface area contributed by atoms with E-state index in [4.69, 9.17) is 28.9 Å². The minimum Gasteiger partial charge on any atom is -0.508 e. The quantitative estimate of drug-likeness (QED) is 0.744. The highest BCUT2D eigenvalue weighted by Gasteiger charge is 2.34. The Balaban J connectivity index is 1.60. The van der Waals surface area contributed by atoms with Crippen LogP contribution in [0.1, 0.15) is 43.7 Å². The Hall–Kier alpha value is -1.01. The fourth-order valence-corrected chi connectivity index (χ4v) is 4.32. The van der Waals surface area contributed by atoms with Crippen LogP contribution in [0.4, 0.5) is 0 Å². The van der Waals surface area contributed by atoms with Gasteiger partial charge in [-0.3, -0.25) is 4.79 Å². The minimum absolute atomic E-state index is 0.0423. The molecule has 4 N–H and O–H groups in total. The molecule has 138 valence electrons. The van der Waals surface area contributed by atoms with Gasteiger partial charge < -0.3 is 20.8 Å². The molecule has 1 aromatic rings. The minimum atomic E-state index is -0.347. The molecule has 7 heteroatoms. The van der Waals surface area contributed by atoms with Gasteiger partial charge in [-0.2, -0.15) is 0 Å². The molecule has 2 unspecified atom stereocenters. The van der Waals surface area contributed by atoms with Crippen molar-refractivity contribution in [3.05, 3.63) is 27.7 Å². The Morgan fingerprint density at radius 3 is 2.40 bits per heavy atom. The maximum Gasteiger partial charge on any atom is 0.225 e. The number of benzene rings is 1. The van der Waals surface area contributed by atoms with Gasteiger partial charge in [0, 0.05) is 36.7 Å². The van der Waals surface area contributed by atoms with E-state index in [0.29, 0.717) is 41.5 Å². The van der Waals surface area contributed by atoms with Crippen LogP contribution in [-0.2, 0) is 4.79 Å². The maximum atomic E-state index is 12.5. The number of nitrogens with two attached hydrogens (primary N) is 1. The van der Waals surface area contributed by atoms with E-state index in [2.05, 4.69) is 0 Å². The molecular formula is C18H24Cl2N2O3. The van der Waals surface area contributed by atoms with Gasteiger partial charge in [-0.15, -0.1) is 0 Å². The van der Waals surface area contributed by atoms with E-state index in [-0.39, 0.29) is 35.6 Å². The average molecular weight is 387 g/mol. The number of rotatable bonds is 3. The summed E-state index contributed by atoms with van der Waals surface area (Å²) >= 11 is 12.0. The van der Waals surface area contributed by atoms with Gasteiger partial charge in [0.2, 0.25) is 5.91 Å². The Morgan fingerprint density at radius 1 is 1.16 bits per heavy atom. The lowest BCUT2D eigenvalue weighted by Gasteiger charge is -2.36. The van der Waals surface area contributed by atoms with E-state index in [1.54, 1.807) is 6.07 Å². The number of nitrogens with zero attached hydrogens (tertiary/aromatic N) is 1. The second-order valence-electron chi connectivity index (χ2n) is 7.18. The molecule has 3 rings (SSSR count). The highest BCUT2D eigenvalue weighted by Crippen LogP contribution is 2.38. The third-order valence-electron chi connectivity index (χ3n) is 5.54. The van der Waals surface area contributed by atoms with Crippen molar-refractivity contribution in [2.24, 2.45) is 17.6 Å². The fourth-order valence-electron chi connectivity index (χ4n) is 3.99. The van der Waals surface area contributed by atoms with Crippen molar-refractivity contribution in [1.29, 1.82) is 0 Å². The van der Waals surface area contributed by atoms with Crippen LogP contribution in [0.5, 0.6) is 5.75 Å². The molecular weight excluding hydrogens is 363 g/mol. The van der Waals surface area contributed by atoms with Crippen molar-refractivity contribution < 1.29 is 15.0 Å².